The summed E-state index contributed by atoms with van der Waals surface area (Å²) < 4.78 is 22.7. The summed E-state index contributed by atoms with van der Waals surface area (Å²) in [6.07, 6.45) is 0.0925. The SMILES string of the molecule is C[C@H](CC(=O)OC(C)(C)C)[C@H](Nc1nc(Nc2ccc3c(c2)c(N(C)C)nn3C)c(C(N)=O)cc1F)c1ccccc1. The molecule has 4 rings (SSSR count). The Bertz CT molecular complexity index is 1600. The highest BCUT2D eigenvalue weighted by Crippen LogP contribution is 2.33. The number of nitrogens with zero attached hydrogens (tertiary/aromatic N) is 4. The molecule has 0 aliphatic carbocycles. The van der Waals surface area contributed by atoms with Crippen molar-refractivity contribution in [2.75, 3.05) is 29.6 Å². The average Bonchev–Trinajstić information content (AvgIpc) is 3.23. The summed E-state index contributed by atoms with van der Waals surface area (Å²) in [6, 6.07) is 15.6. The van der Waals surface area contributed by atoms with Crippen molar-refractivity contribution >= 4 is 45.9 Å². The molecule has 0 saturated heterocycles. The molecule has 4 N–H and O–H groups in total. The van der Waals surface area contributed by atoms with E-state index in [1.54, 1.807) is 4.68 Å². The number of amides is 1. The van der Waals surface area contributed by atoms with Gasteiger partial charge in [0.15, 0.2) is 17.5 Å². The van der Waals surface area contributed by atoms with Gasteiger partial charge in [-0.2, -0.15) is 5.10 Å². The Balaban J connectivity index is 1.70. The molecule has 0 spiro atoms. The van der Waals surface area contributed by atoms with E-state index in [-0.39, 0.29) is 35.5 Å². The number of fused-ring (bicyclic) bond motifs is 1. The number of benzene rings is 2. The zero-order valence-corrected chi connectivity index (χ0v) is 25.0. The highest BCUT2D eigenvalue weighted by atomic mass is 19.1. The molecule has 0 radical (unpaired) electrons. The largest absolute Gasteiger partial charge is 0.460 e. The number of hydrogen-bond acceptors (Lipinski definition) is 8. The first-order valence-electron chi connectivity index (χ1n) is 13.7. The summed E-state index contributed by atoms with van der Waals surface area (Å²) in [4.78, 5) is 31.3. The van der Waals surface area contributed by atoms with Crippen LogP contribution >= 0.6 is 0 Å². The van der Waals surface area contributed by atoms with Crippen LogP contribution in [0.4, 0.5) is 27.5 Å². The van der Waals surface area contributed by atoms with Crippen molar-refractivity contribution < 1.29 is 18.7 Å². The quantitative estimate of drug-likeness (QED) is 0.211. The van der Waals surface area contributed by atoms with Gasteiger partial charge in [0.05, 0.1) is 23.5 Å². The van der Waals surface area contributed by atoms with Gasteiger partial charge in [0, 0.05) is 32.2 Å². The predicted molar refractivity (Wildman–Crippen MR) is 163 cm³/mol. The lowest BCUT2D eigenvalue weighted by atomic mass is 9.91. The van der Waals surface area contributed by atoms with Crippen molar-refractivity contribution in [3.05, 3.63) is 71.5 Å². The molecule has 0 aliphatic heterocycles. The average molecular weight is 576 g/mol. The number of nitrogens with one attached hydrogen (secondary N) is 2. The minimum atomic E-state index is -0.829. The molecule has 2 aromatic carbocycles. The molecular formula is C31H38FN7O3. The van der Waals surface area contributed by atoms with Crippen molar-refractivity contribution in [2.24, 2.45) is 18.7 Å². The maximum atomic E-state index is 15.4. The predicted octanol–water partition coefficient (Wildman–Crippen LogP) is 5.54. The monoisotopic (exact) mass is 575 g/mol. The van der Waals surface area contributed by atoms with E-state index >= 15 is 4.39 Å². The highest BCUT2D eigenvalue weighted by Gasteiger charge is 2.27. The topological polar surface area (TPSA) is 127 Å². The molecule has 0 aliphatic rings. The van der Waals surface area contributed by atoms with Gasteiger partial charge in [0.25, 0.3) is 5.91 Å². The summed E-state index contributed by atoms with van der Waals surface area (Å²) in [5, 5.41) is 11.8. The molecule has 10 nitrogen and oxygen atoms in total. The number of aryl methyl sites for hydroxylation is 1. The fraction of sp³-hybridized carbons (Fsp3) is 0.355. The minimum Gasteiger partial charge on any atom is -0.460 e. The number of nitrogens with two attached hydrogens (primary N) is 1. The molecule has 1 amide bonds. The van der Waals surface area contributed by atoms with Gasteiger partial charge in [-0.15, -0.1) is 0 Å². The zero-order chi connectivity index (χ0) is 30.8. The Morgan fingerprint density at radius 2 is 1.79 bits per heavy atom. The summed E-state index contributed by atoms with van der Waals surface area (Å²) in [6.45, 7) is 7.31. The molecule has 4 aromatic rings. The van der Waals surface area contributed by atoms with Crippen molar-refractivity contribution in [2.45, 2.75) is 45.8 Å². The van der Waals surface area contributed by atoms with Crippen LogP contribution in [-0.4, -0.2) is 46.3 Å². The van der Waals surface area contributed by atoms with Crippen molar-refractivity contribution in [1.29, 1.82) is 0 Å². The summed E-state index contributed by atoms with van der Waals surface area (Å²) in [7, 11) is 5.67. The molecular weight excluding hydrogens is 537 g/mol. The fourth-order valence-corrected chi connectivity index (χ4v) is 4.79. The Hall–Kier alpha value is -4.67. The van der Waals surface area contributed by atoms with Gasteiger partial charge < -0.3 is 26.0 Å². The van der Waals surface area contributed by atoms with Gasteiger partial charge in [-0.05, 0) is 56.5 Å². The molecule has 2 aromatic heterocycles. The first-order chi connectivity index (χ1) is 19.7. The third-order valence-electron chi connectivity index (χ3n) is 6.69. The Kier molecular flexibility index (Phi) is 8.70. The van der Waals surface area contributed by atoms with Gasteiger partial charge in [-0.25, -0.2) is 9.37 Å². The molecule has 2 heterocycles. The second-order valence-electron chi connectivity index (χ2n) is 11.6. The molecule has 222 valence electrons. The number of rotatable bonds is 10. The lowest BCUT2D eigenvalue weighted by Crippen LogP contribution is -2.28. The van der Waals surface area contributed by atoms with Crippen LogP contribution in [-0.2, 0) is 16.6 Å². The van der Waals surface area contributed by atoms with Crippen LogP contribution in [0.5, 0.6) is 0 Å². The normalized spacial score (nSPS) is 13.0. The number of anilines is 4. The molecule has 11 heteroatoms. The summed E-state index contributed by atoms with van der Waals surface area (Å²) in [5.74, 6) is -1.47. The van der Waals surface area contributed by atoms with Crippen LogP contribution in [0.25, 0.3) is 10.9 Å². The number of pyridine rings is 1. The molecule has 0 saturated carbocycles. The fourth-order valence-electron chi connectivity index (χ4n) is 4.79. The number of aromatic nitrogens is 3. The second kappa shape index (κ2) is 12.1. The third kappa shape index (κ3) is 6.96. The Morgan fingerprint density at radius 3 is 2.40 bits per heavy atom. The van der Waals surface area contributed by atoms with E-state index in [9.17, 15) is 9.59 Å². The van der Waals surface area contributed by atoms with Gasteiger partial charge in [-0.1, -0.05) is 37.3 Å². The van der Waals surface area contributed by atoms with E-state index < -0.39 is 23.4 Å². The maximum absolute atomic E-state index is 15.4. The van der Waals surface area contributed by atoms with Crippen LogP contribution in [0.1, 0.15) is 56.1 Å². The number of primary amides is 1. The number of ether oxygens (including phenoxy) is 1. The van der Waals surface area contributed by atoms with Crippen LogP contribution in [0.3, 0.4) is 0 Å². The van der Waals surface area contributed by atoms with Crippen LogP contribution < -0.4 is 21.3 Å². The van der Waals surface area contributed by atoms with Crippen LogP contribution in [0.2, 0.25) is 0 Å². The van der Waals surface area contributed by atoms with Gasteiger partial charge in [0.1, 0.15) is 11.4 Å². The summed E-state index contributed by atoms with van der Waals surface area (Å²) in [5.41, 5.74) is 7.25. The molecule has 0 fully saturated rings. The lowest BCUT2D eigenvalue weighted by Gasteiger charge is -2.28. The standard InChI is InChI=1S/C31H38FN7O3/c1-18(15-25(40)42-31(2,3)4)26(19-11-9-8-10-12-19)35-29-23(32)17-22(27(33)41)28(36-29)34-20-13-14-24-21(16-20)30(38(5)6)37-39(24)7/h8-14,16-18,26H,15H2,1-7H3,(H2,33,41)(H2,34,35,36)/t18-,26+/m1/s1. The van der Waals surface area contributed by atoms with Crippen molar-refractivity contribution in [3.63, 3.8) is 0 Å². The molecule has 42 heavy (non-hydrogen) atoms. The first kappa shape index (κ1) is 30.3. The van der Waals surface area contributed by atoms with E-state index in [0.29, 0.717) is 5.69 Å². The van der Waals surface area contributed by atoms with Crippen molar-refractivity contribution in [1.82, 2.24) is 14.8 Å². The lowest BCUT2D eigenvalue weighted by molar-refractivity contribution is -0.155. The highest BCUT2D eigenvalue weighted by molar-refractivity contribution is 5.99. The third-order valence-corrected chi connectivity index (χ3v) is 6.69. The van der Waals surface area contributed by atoms with E-state index in [1.165, 1.54) is 0 Å². The van der Waals surface area contributed by atoms with E-state index in [0.717, 1.165) is 28.4 Å². The number of halogens is 1. The molecule has 0 bridgehead atoms. The zero-order valence-electron chi connectivity index (χ0n) is 25.0. The molecule has 2 atom stereocenters. The Labute approximate surface area is 245 Å². The van der Waals surface area contributed by atoms with Crippen LogP contribution in [0, 0.1) is 11.7 Å². The maximum Gasteiger partial charge on any atom is 0.306 e. The van der Waals surface area contributed by atoms with E-state index in [2.05, 4.69) is 20.7 Å². The number of carbonyl (C=O) groups is 2. The van der Waals surface area contributed by atoms with Crippen LogP contribution in [0.15, 0.2) is 54.6 Å². The van der Waals surface area contributed by atoms with Crippen molar-refractivity contribution in [3.8, 4) is 0 Å². The summed E-state index contributed by atoms with van der Waals surface area (Å²) >= 11 is 0. The minimum absolute atomic E-state index is 0.0904. The molecule has 0 unspecified atom stereocenters. The number of esters is 1. The second-order valence-corrected chi connectivity index (χ2v) is 11.6. The smallest absolute Gasteiger partial charge is 0.306 e. The first-order valence-corrected chi connectivity index (χ1v) is 13.7. The van der Waals surface area contributed by atoms with Gasteiger partial charge in [0.2, 0.25) is 0 Å². The Morgan fingerprint density at radius 1 is 1.10 bits per heavy atom. The van der Waals surface area contributed by atoms with Gasteiger partial charge in [-0.3, -0.25) is 14.3 Å². The number of hydrogen-bond donors (Lipinski definition) is 3. The van der Waals surface area contributed by atoms with Gasteiger partial charge >= 0.3 is 5.97 Å². The van der Waals surface area contributed by atoms with E-state index in [1.807, 2.05) is 102 Å². The number of carbonyl (C=O) groups excluding carboxylic acids is 2. The van der Waals surface area contributed by atoms with E-state index in [4.69, 9.17) is 10.5 Å².